The van der Waals surface area contributed by atoms with E-state index in [0.717, 1.165) is 40.6 Å². The van der Waals surface area contributed by atoms with Gasteiger partial charge in [0.1, 0.15) is 41.3 Å². The van der Waals surface area contributed by atoms with Crippen LogP contribution in [-0.4, -0.2) is 57.5 Å². The van der Waals surface area contributed by atoms with Crippen LogP contribution in [0.2, 0.25) is 0 Å². The molecule has 0 fully saturated rings. The quantitative estimate of drug-likeness (QED) is 0.0483. The Hall–Kier alpha value is -4.51. The minimum Gasteiger partial charge on any atom is -0.507 e. The summed E-state index contributed by atoms with van der Waals surface area (Å²) in [6.07, 6.45) is 6.02. The molecule has 0 unspecified atom stereocenters. The van der Waals surface area contributed by atoms with E-state index in [4.69, 9.17) is 18.9 Å². The summed E-state index contributed by atoms with van der Waals surface area (Å²) in [5, 5.41) is 14.6. The van der Waals surface area contributed by atoms with Crippen LogP contribution in [0.1, 0.15) is 11.1 Å². The molecule has 0 atom stereocenters. The van der Waals surface area contributed by atoms with Crippen molar-refractivity contribution in [3.8, 4) is 22.6 Å². The third-order valence-electron chi connectivity index (χ3n) is 8.57. The summed E-state index contributed by atoms with van der Waals surface area (Å²) in [5.41, 5.74) is 3.82. The molecule has 0 saturated carbocycles. The van der Waals surface area contributed by atoms with Crippen LogP contribution in [0.4, 0.5) is 0 Å². The Morgan fingerprint density at radius 2 is 1.06 bits per heavy atom. The molecule has 5 aromatic carbocycles. The van der Waals surface area contributed by atoms with Crippen LogP contribution in [-0.2, 0) is 27.1 Å². The molecule has 0 saturated heterocycles. The van der Waals surface area contributed by atoms with Crippen LogP contribution in [0.3, 0.4) is 0 Å². The first-order chi connectivity index (χ1) is 24.7. The summed E-state index contributed by atoms with van der Waals surface area (Å²) < 4.78 is 23.8. The molecule has 0 aliphatic rings. The van der Waals surface area contributed by atoms with Gasteiger partial charge in [0.25, 0.3) is 0 Å². The van der Waals surface area contributed by atoms with Crippen LogP contribution < -0.4 is 20.7 Å². The summed E-state index contributed by atoms with van der Waals surface area (Å²) in [5.74, 6) is 1.03. The van der Waals surface area contributed by atoms with Gasteiger partial charge in [-0.3, -0.25) is 0 Å². The predicted molar refractivity (Wildman–Crippen MR) is 209 cm³/mol. The number of rotatable bonds is 21. The van der Waals surface area contributed by atoms with Crippen LogP contribution in [0.25, 0.3) is 11.1 Å². The second kappa shape index (κ2) is 19.6. The maximum Gasteiger partial charge on any atom is 0.123 e. The van der Waals surface area contributed by atoms with Crippen molar-refractivity contribution < 1.29 is 24.1 Å². The zero-order chi connectivity index (χ0) is 34.9. The molecular formula is C44H48O5P+. The monoisotopic (exact) mass is 687 g/mol. The molecule has 0 aliphatic carbocycles. The average molecular weight is 688 g/mol. The first-order valence-electron chi connectivity index (χ1n) is 17.2. The van der Waals surface area contributed by atoms with Crippen LogP contribution in [0, 0.1) is 0 Å². The molecular weight excluding hydrogens is 639 g/mol. The lowest BCUT2D eigenvalue weighted by atomic mass is 9.97. The van der Waals surface area contributed by atoms with E-state index in [0.29, 0.717) is 52.7 Å². The number of ether oxygens (including phenoxy) is 4. The average Bonchev–Trinajstić information content (AvgIpc) is 3.16. The van der Waals surface area contributed by atoms with Crippen LogP contribution >= 0.6 is 7.26 Å². The normalized spacial score (nSPS) is 11.3. The van der Waals surface area contributed by atoms with Gasteiger partial charge in [0.15, 0.2) is 0 Å². The van der Waals surface area contributed by atoms with Crippen molar-refractivity contribution in [2.75, 3.05) is 52.4 Å². The smallest absolute Gasteiger partial charge is 0.123 e. The molecule has 5 rings (SSSR count). The van der Waals surface area contributed by atoms with Gasteiger partial charge < -0.3 is 24.1 Å². The summed E-state index contributed by atoms with van der Waals surface area (Å²) in [6.45, 7) is 11.2. The summed E-state index contributed by atoms with van der Waals surface area (Å²) in [4.78, 5) is 0. The highest BCUT2D eigenvalue weighted by Gasteiger charge is 2.44. The molecule has 1 N–H and O–H groups in total. The molecule has 5 nitrogen and oxygen atoms in total. The Bertz CT molecular complexity index is 1660. The van der Waals surface area contributed by atoms with Gasteiger partial charge in [0.2, 0.25) is 0 Å². The largest absolute Gasteiger partial charge is 0.507 e. The highest BCUT2D eigenvalue weighted by atomic mass is 31.2. The maximum absolute atomic E-state index is 10.5. The van der Waals surface area contributed by atoms with E-state index in [-0.39, 0.29) is 5.75 Å². The van der Waals surface area contributed by atoms with Crippen LogP contribution in [0.5, 0.6) is 11.5 Å². The minimum atomic E-state index is -1.90. The van der Waals surface area contributed by atoms with E-state index in [1.165, 1.54) is 15.9 Å². The van der Waals surface area contributed by atoms with E-state index >= 15 is 0 Å². The van der Waals surface area contributed by atoms with Gasteiger partial charge in [-0.15, -0.1) is 13.2 Å². The number of allylic oxidation sites excluding steroid dienone is 2. The fourth-order valence-corrected chi connectivity index (χ4v) is 10.3. The molecule has 0 spiro atoms. The first kappa shape index (κ1) is 36.8. The van der Waals surface area contributed by atoms with Gasteiger partial charge in [0.05, 0.1) is 45.8 Å². The van der Waals surface area contributed by atoms with Gasteiger partial charge in [-0.25, -0.2) is 0 Å². The second-order valence-corrected chi connectivity index (χ2v) is 15.5. The SMILES string of the molecule is C=CCc1ccc(O)c(-c2ccc(OCCOCCOCCOCC[P+](c3ccccc3)(c3ccccc3)c3ccccc3)c(CC=C)c2)c1. The number of aromatic hydroxyl groups is 1. The molecule has 0 aliphatic heterocycles. The van der Waals surface area contributed by atoms with E-state index in [9.17, 15) is 5.11 Å². The Morgan fingerprint density at radius 1 is 0.540 bits per heavy atom. The van der Waals surface area contributed by atoms with Gasteiger partial charge in [-0.2, -0.15) is 0 Å². The molecule has 258 valence electrons. The lowest BCUT2D eigenvalue weighted by Gasteiger charge is -2.27. The topological polar surface area (TPSA) is 57.2 Å². The molecule has 0 aromatic heterocycles. The molecule has 0 radical (unpaired) electrons. The van der Waals surface area contributed by atoms with Crippen molar-refractivity contribution in [3.63, 3.8) is 0 Å². The minimum absolute atomic E-state index is 0.246. The van der Waals surface area contributed by atoms with Crippen molar-refractivity contribution in [2.45, 2.75) is 12.8 Å². The van der Waals surface area contributed by atoms with Crippen molar-refractivity contribution in [3.05, 3.63) is 164 Å². The molecule has 0 heterocycles. The molecule has 0 bridgehead atoms. The fourth-order valence-electron chi connectivity index (χ4n) is 6.15. The van der Waals surface area contributed by atoms with E-state index in [1.807, 2.05) is 42.5 Å². The van der Waals surface area contributed by atoms with Gasteiger partial charge in [-0.1, -0.05) is 78.9 Å². The zero-order valence-electron chi connectivity index (χ0n) is 28.8. The maximum atomic E-state index is 10.5. The number of phenolic OH excluding ortho intramolecular Hbond substituents is 1. The molecule has 5 aromatic rings. The Balaban J connectivity index is 1.04. The fraction of sp³-hybridized carbons (Fsp3) is 0.227. The molecule has 6 heteroatoms. The van der Waals surface area contributed by atoms with Gasteiger partial charge in [0, 0.05) is 5.56 Å². The number of phenols is 1. The highest BCUT2D eigenvalue weighted by Crippen LogP contribution is 2.55. The summed E-state index contributed by atoms with van der Waals surface area (Å²) >= 11 is 0. The Kier molecular flexibility index (Phi) is 14.4. The highest BCUT2D eigenvalue weighted by molar-refractivity contribution is 7.95. The zero-order valence-corrected chi connectivity index (χ0v) is 29.7. The summed E-state index contributed by atoms with van der Waals surface area (Å²) in [6, 6.07) is 44.2. The second-order valence-electron chi connectivity index (χ2n) is 11.9. The first-order valence-corrected chi connectivity index (χ1v) is 19.2. The lowest BCUT2D eigenvalue weighted by molar-refractivity contribution is 0.0116. The van der Waals surface area contributed by atoms with E-state index in [1.54, 1.807) is 6.07 Å². The van der Waals surface area contributed by atoms with E-state index in [2.05, 4.69) is 104 Å². The van der Waals surface area contributed by atoms with Gasteiger partial charge >= 0.3 is 0 Å². The van der Waals surface area contributed by atoms with Crippen molar-refractivity contribution in [2.24, 2.45) is 0 Å². The Labute approximate surface area is 298 Å². The van der Waals surface area contributed by atoms with Gasteiger partial charge in [-0.05, 0) is 90.2 Å². The molecule has 0 amide bonds. The summed E-state index contributed by atoms with van der Waals surface area (Å²) in [7, 11) is -1.90. The third-order valence-corrected chi connectivity index (χ3v) is 13.0. The van der Waals surface area contributed by atoms with Crippen molar-refractivity contribution in [1.29, 1.82) is 0 Å². The number of hydrogen-bond donors (Lipinski definition) is 1. The van der Waals surface area contributed by atoms with Crippen molar-refractivity contribution in [1.82, 2.24) is 0 Å². The number of benzene rings is 5. The van der Waals surface area contributed by atoms with Crippen molar-refractivity contribution >= 4 is 23.2 Å². The predicted octanol–water partition coefficient (Wildman–Crippen LogP) is 7.94. The molecule has 50 heavy (non-hydrogen) atoms. The van der Waals surface area contributed by atoms with E-state index < -0.39 is 7.26 Å². The van der Waals surface area contributed by atoms with Crippen LogP contribution in [0.15, 0.2) is 153 Å². The Morgan fingerprint density at radius 3 is 1.60 bits per heavy atom. The lowest BCUT2D eigenvalue weighted by Crippen LogP contribution is -2.34. The number of hydrogen-bond acceptors (Lipinski definition) is 5. The standard InChI is InChI=1S/C44H47O5P/c1-3-14-36-22-24-43(45)42(34-36)37-23-25-44(38(35-37)15-4-2)49-31-30-47-27-26-46-28-29-48-32-33-50(39-16-8-5-9-17-39,40-18-10-6-11-19-40)41-20-12-7-13-21-41/h3-13,16-25,34-35H,1-2,14-15,26-33H2/p+1. The third kappa shape index (κ3) is 9.80.